The highest BCUT2D eigenvalue weighted by atomic mass is 79.9. The zero-order valence-electron chi connectivity index (χ0n) is 25.9. The maximum absolute atomic E-state index is 15.8. The number of anilines is 2. The van der Waals surface area contributed by atoms with Gasteiger partial charge in [-0.05, 0) is 81.2 Å². The number of hydrogen-bond donors (Lipinski definition) is 0. The summed E-state index contributed by atoms with van der Waals surface area (Å²) < 4.78 is 40.1. The lowest BCUT2D eigenvalue weighted by Gasteiger charge is -2.35. The van der Waals surface area contributed by atoms with Gasteiger partial charge < -0.3 is 9.64 Å². The minimum Gasteiger partial charge on any atom is -0.444 e. The van der Waals surface area contributed by atoms with Crippen LogP contribution in [0.25, 0.3) is 16.6 Å². The Bertz CT molecular complexity index is 1970. The van der Waals surface area contributed by atoms with Gasteiger partial charge in [0.2, 0.25) is 5.82 Å². The molecule has 0 bridgehead atoms. The first-order valence-corrected chi connectivity index (χ1v) is 15.2. The highest BCUT2D eigenvalue weighted by Gasteiger charge is 2.40. The van der Waals surface area contributed by atoms with Crippen LogP contribution < -0.4 is 9.80 Å². The highest BCUT2D eigenvalue weighted by molar-refractivity contribution is 9.10. The van der Waals surface area contributed by atoms with Crippen LogP contribution in [-0.4, -0.2) is 48.6 Å². The molecule has 2 aliphatic rings. The molecule has 2 aromatic carbocycles. The molecular weight excluding hydrogens is 648 g/mol. The highest BCUT2D eigenvalue weighted by Crippen LogP contribution is 2.44. The second-order valence-corrected chi connectivity index (χ2v) is 13.0. The fraction of sp³-hybridized carbons (Fsp3) is 0.344. The lowest BCUT2D eigenvalue weighted by molar-refractivity contribution is 0.0160. The van der Waals surface area contributed by atoms with Crippen LogP contribution in [0.5, 0.6) is 0 Å². The topological polar surface area (TPSA) is 88.7 Å². The van der Waals surface area contributed by atoms with Gasteiger partial charge in [-0.2, -0.15) is 10.2 Å². The third-order valence-electron chi connectivity index (χ3n) is 8.13. The van der Waals surface area contributed by atoms with E-state index in [1.807, 2.05) is 12.9 Å². The van der Waals surface area contributed by atoms with E-state index in [2.05, 4.69) is 21.0 Å². The number of nitrogens with zero attached hydrogens (tertiary/aromatic N) is 7. The van der Waals surface area contributed by atoms with E-state index in [0.717, 1.165) is 0 Å². The number of aromatic nitrogens is 4. The first-order chi connectivity index (χ1) is 21.2. The third-order valence-corrected chi connectivity index (χ3v) is 9.13. The van der Waals surface area contributed by atoms with Crippen LogP contribution >= 0.6 is 15.9 Å². The van der Waals surface area contributed by atoms with Crippen LogP contribution in [0.3, 0.4) is 0 Å². The van der Waals surface area contributed by atoms with Crippen LogP contribution in [0.1, 0.15) is 56.1 Å². The number of carbonyl (C=O) groups excluding carboxylic acids is 2. The van der Waals surface area contributed by atoms with Gasteiger partial charge in [-0.3, -0.25) is 14.5 Å². The van der Waals surface area contributed by atoms with Gasteiger partial charge in [-0.15, -0.1) is 0 Å². The van der Waals surface area contributed by atoms with Crippen molar-refractivity contribution >= 4 is 50.4 Å². The first-order valence-electron chi connectivity index (χ1n) is 14.4. The maximum Gasteiger partial charge on any atom is 0.410 e. The van der Waals surface area contributed by atoms with Crippen LogP contribution in [0, 0.1) is 25.5 Å². The molecule has 1 atom stereocenters. The molecule has 0 radical (unpaired) electrons. The average Bonchev–Trinajstić information content (AvgIpc) is 3.68. The molecule has 6 rings (SSSR count). The molecular formula is C32H32BrF2N7O3. The smallest absolute Gasteiger partial charge is 0.410 e. The zero-order valence-corrected chi connectivity index (χ0v) is 27.5. The normalized spacial score (nSPS) is 16.5. The Morgan fingerprint density at radius 1 is 1.11 bits per heavy atom. The van der Waals surface area contributed by atoms with Gasteiger partial charge in [-0.25, -0.2) is 23.1 Å². The number of halogens is 3. The SMILES string of the molecule is Cc1cc(-n2nc3c(c2N2C=CN(c4ccc5c(cnn5C)c4F)C2=C=O)[C@H](C)N(C(=O)OC(C)(C)C)CC3)c(Br)c(C)c1F. The van der Waals surface area contributed by atoms with Crippen molar-refractivity contribution in [2.24, 2.45) is 7.05 Å². The number of benzene rings is 2. The van der Waals surface area contributed by atoms with Crippen LogP contribution in [0.2, 0.25) is 0 Å². The lowest BCUT2D eigenvalue weighted by atomic mass is 9.99. The second-order valence-electron chi connectivity index (χ2n) is 12.2. The van der Waals surface area contributed by atoms with Crippen molar-refractivity contribution in [2.45, 2.75) is 59.6 Å². The van der Waals surface area contributed by atoms with E-state index in [1.165, 1.54) is 11.1 Å². The van der Waals surface area contributed by atoms with Gasteiger partial charge >= 0.3 is 6.09 Å². The van der Waals surface area contributed by atoms with Crippen LogP contribution in [-0.2, 0) is 23.0 Å². The number of amides is 1. The summed E-state index contributed by atoms with van der Waals surface area (Å²) in [6.07, 6.45) is 4.55. The lowest BCUT2D eigenvalue weighted by Crippen LogP contribution is -2.42. The molecule has 0 N–H and O–H groups in total. The molecule has 0 saturated carbocycles. The summed E-state index contributed by atoms with van der Waals surface area (Å²) in [6, 6.07) is 4.46. The number of carbonyl (C=O) groups is 1. The second kappa shape index (κ2) is 10.8. The number of rotatable bonds is 3. The number of aryl methyl sites for hydroxylation is 2. The molecule has 0 spiro atoms. The summed E-state index contributed by atoms with van der Waals surface area (Å²) in [7, 11) is 1.72. The predicted molar refractivity (Wildman–Crippen MR) is 170 cm³/mol. The van der Waals surface area contributed by atoms with E-state index >= 15 is 4.39 Å². The van der Waals surface area contributed by atoms with Crippen molar-refractivity contribution in [3.05, 3.63) is 81.1 Å². The van der Waals surface area contributed by atoms with Crippen LogP contribution in [0.4, 0.5) is 25.1 Å². The Morgan fingerprint density at radius 2 is 1.82 bits per heavy atom. The van der Waals surface area contributed by atoms with E-state index in [9.17, 15) is 14.0 Å². The Morgan fingerprint density at radius 3 is 2.51 bits per heavy atom. The molecule has 4 aromatic rings. The molecule has 0 unspecified atom stereocenters. The largest absolute Gasteiger partial charge is 0.444 e. The zero-order chi connectivity index (χ0) is 32.5. The quantitative estimate of drug-likeness (QED) is 0.222. The van der Waals surface area contributed by atoms with Gasteiger partial charge in [0, 0.05) is 48.0 Å². The molecule has 2 aromatic heterocycles. The minimum absolute atomic E-state index is 0.0191. The van der Waals surface area contributed by atoms with Crippen molar-refractivity contribution in [1.29, 1.82) is 0 Å². The summed E-state index contributed by atoms with van der Waals surface area (Å²) >= 11 is 3.56. The Balaban J connectivity index is 1.53. The third kappa shape index (κ3) is 4.90. The monoisotopic (exact) mass is 679 g/mol. The summed E-state index contributed by atoms with van der Waals surface area (Å²) in [5, 5.41) is 9.40. The molecule has 10 nitrogen and oxygen atoms in total. The Labute approximate surface area is 267 Å². The predicted octanol–water partition coefficient (Wildman–Crippen LogP) is 6.74. The van der Waals surface area contributed by atoms with E-state index in [0.29, 0.717) is 62.2 Å². The Kier molecular flexibility index (Phi) is 7.36. The number of ether oxygens (including phenoxy) is 1. The van der Waals surface area contributed by atoms with Crippen molar-refractivity contribution in [3.63, 3.8) is 0 Å². The molecule has 45 heavy (non-hydrogen) atoms. The molecule has 4 heterocycles. The molecule has 0 aliphatic carbocycles. The van der Waals surface area contributed by atoms with E-state index < -0.39 is 23.6 Å². The van der Waals surface area contributed by atoms with Crippen molar-refractivity contribution in [1.82, 2.24) is 24.5 Å². The molecule has 0 saturated heterocycles. The fourth-order valence-corrected chi connectivity index (χ4v) is 6.37. The summed E-state index contributed by atoms with van der Waals surface area (Å²) in [5.74, 6) is 1.50. The van der Waals surface area contributed by atoms with Gasteiger partial charge in [0.05, 0.1) is 40.2 Å². The fourth-order valence-electron chi connectivity index (χ4n) is 5.92. The minimum atomic E-state index is -0.705. The number of fused-ring (bicyclic) bond motifs is 2. The van der Waals surface area contributed by atoms with E-state index in [4.69, 9.17) is 9.84 Å². The van der Waals surface area contributed by atoms with Crippen LogP contribution in [0.15, 0.2) is 47.1 Å². The van der Waals surface area contributed by atoms with E-state index in [-0.39, 0.29) is 17.3 Å². The van der Waals surface area contributed by atoms with Crippen molar-refractivity contribution < 1.29 is 23.1 Å². The number of hydrogen-bond acceptors (Lipinski definition) is 7. The Hall–Kier alpha value is -4.48. The van der Waals surface area contributed by atoms with Gasteiger partial charge in [0.25, 0.3) is 0 Å². The average molecular weight is 681 g/mol. The van der Waals surface area contributed by atoms with Gasteiger partial charge in [0.15, 0.2) is 11.8 Å². The molecule has 1 amide bonds. The molecule has 2 aliphatic heterocycles. The molecule has 234 valence electrons. The van der Waals surface area contributed by atoms with Crippen molar-refractivity contribution in [3.8, 4) is 5.69 Å². The van der Waals surface area contributed by atoms with E-state index in [1.54, 1.807) is 91.4 Å². The maximum atomic E-state index is 15.8. The van der Waals surface area contributed by atoms with Crippen molar-refractivity contribution in [2.75, 3.05) is 16.3 Å². The van der Waals surface area contributed by atoms with Gasteiger partial charge in [0.1, 0.15) is 17.2 Å². The molecule has 13 heteroatoms. The summed E-state index contributed by atoms with van der Waals surface area (Å²) in [6.45, 7) is 11.0. The standard InChI is InChI=1S/C32H32BrF2N7O3/c1-17-14-24(27(33)18(2)28(17)34)42-30(26-19(3)39(11-10-21(26)37-42)31(44)45-32(4,5)6)41-13-12-40(25(41)16-43)23-9-8-22-20(29(23)35)15-36-38(22)7/h8-9,12-15,19H,10-11H2,1-7H3/t19-/m0/s1. The summed E-state index contributed by atoms with van der Waals surface area (Å²) in [4.78, 5) is 30.6. The van der Waals surface area contributed by atoms with Gasteiger partial charge in [-0.1, -0.05) is 0 Å². The first kappa shape index (κ1) is 30.5. The summed E-state index contributed by atoms with van der Waals surface area (Å²) in [5.41, 5.74) is 2.73. The molecule has 0 fully saturated rings.